The number of piperazine rings is 1. The predicted octanol–water partition coefficient (Wildman–Crippen LogP) is 2.26. The molecule has 0 aromatic heterocycles. The van der Waals surface area contributed by atoms with Crippen LogP contribution in [0.1, 0.15) is 5.56 Å². The lowest BCUT2D eigenvalue weighted by molar-refractivity contribution is -0.386. The monoisotopic (exact) mass is 439 g/mol. The number of benzene rings is 2. The van der Waals surface area contributed by atoms with Crippen LogP contribution < -0.4 is 9.47 Å². The number of sulfonamides is 1. The lowest BCUT2D eigenvalue weighted by Crippen LogP contribution is -2.48. The minimum atomic E-state index is -3.90. The van der Waals surface area contributed by atoms with Gasteiger partial charge >= 0.3 is 5.69 Å². The van der Waals surface area contributed by atoms with Crippen LogP contribution in [0.3, 0.4) is 0 Å². The second-order valence-corrected chi connectivity index (χ2v) is 8.67. The van der Waals surface area contributed by atoms with Crippen LogP contribution in [0.5, 0.6) is 11.5 Å². The molecule has 1 aliphatic heterocycles. The molecule has 2 aromatic rings. The van der Waals surface area contributed by atoms with E-state index in [4.69, 9.17) is 9.47 Å². The Morgan fingerprint density at radius 1 is 1.03 bits per heavy atom. The quantitative estimate of drug-likeness (QED) is 0.482. The van der Waals surface area contributed by atoms with Gasteiger partial charge in [-0.2, -0.15) is 4.31 Å². The minimum absolute atomic E-state index is 0.00666. The smallest absolute Gasteiger partial charge is 0.312 e. The minimum Gasteiger partial charge on any atom is -0.496 e. The molecule has 0 amide bonds. The second-order valence-electron chi connectivity index (χ2n) is 6.73. The predicted molar refractivity (Wildman–Crippen MR) is 107 cm³/mol. The number of hydrogen-bond acceptors (Lipinski definition) is 7. The van der Waals surface area contributed by atoms with E-state index in [0.29, 0.717) is 30.9 Å². The SMILES string of the molecule is COc1ccc(F)cc1CN1CCN(S(=O)(=O)c2ccc(OC)c([N+](=O)[O-])c2)CC1. The topological polar surface area (TPSA) is 102 Å². The van der Waals surface area contributed by atoms with E-state index >= 15 is 0 Å². The van der Waals surface area contributed by atoms with Crippen LogP contribution in [-0.2, 0) is 16.6 Å². The molecule has 30 heavy (non-hydrogen) atoms. The molecule has 0 unspecified atom stereocenters. The number of ether oxygens (including phenoxy) is 2. The van der Waals surface area contributed by atoms with E-state index in [0.717, 1.165) is 6.07 Å². The largest absolute Gasteiger partial charge is 0.496 e. The first-order valence-electron chi connectivity index (χ1n) is 9.13. The summed E-state index contributed by atoms with van der Waals surface area (Å²) in [6.45, 7) is 1.69. The maximum atomic E-state index is 13.6. The van der Waals surface area contributed by atoms with Gasteiger partial charge < -0.3 is 9.47 Å². The maximum absolute atomic E-state index is 13.6. The number of rotatable bonds is 7. The molecule has 0 spiro atoms. The molecule has 0 saturated carbocycles. The van der Waals surface area contributed by atoms with E-state index in [-0.39, 0.29) is 29.6 Å². The summed E-state index contributed by atoms with van der Waals surface area (Å²) in [4.78, 5) is 12.4. The molecule has 1 saturated heterocycles. The Balaban J connectivity index is 1.72. The molecule has 1 heterocycles. The van der Waals surface area contributed by atoms with Crippen LogP contribution in [0.2, 0.25) is 0 Å². The summed E-state index contributed by atoms with van der Waals surface area (Å²) in [5, 5.41) is 11.2. The molecule has 9 nitrogen and oxygen atoms in total. The van der Waals surface area contributed by atoms with Gasteiger partial charge in [-0.05, 0) is 30.3 Å². The number of halogens is 1. The van der Waals surface area contributed by atoms with E-state index in [1.807, 2.05) is 4.90 Å². The molecular formula is C19H22FN3O6S. The number of methoxy groups -OCH3 is 2. The number of nitro groups is 1. The van der Waals surface area contributed by atoms with Gasteiger partial charge in [0.15, 0.2) is 5.75 Å². The van der Waals surface area contributed by atoms with Crippen LogP contribution in [0.4, 0.5) is 10.1 Å². The lowest BCUT2D eigenvalue weighted by atomic mass is 10.1. The zero-order valence-corrected chi connectivity index (χ0v) is 17.4. The normalized spacial score (nSPS) is 15.7. The highest BCUT2D eigenvalue weighted by atomic mass is 32.2. The highest BCUT2D eigenvalue weighted by Gasteiger charge is 2.31. The third-order valence-corrected chi connectivity index (χ3v) is 6.85. The van der Waals surface area contributed by atoms with Crippen LogP contribution in [0.25, 0.3) is 0 Å². The molecule has 0 N–H and O–H groups in total. The fourth-order valence-corrected chi connectivity index (χ4v) is 4.80. The molecule has 0 atom stereocenters. The molecule has 0 radical (unpaired) electrons. The summed E-state index contributed by atoms with van der Waals surface area (Å²) in [5.74, 6) is 0.193. The fourth-order valence-electron chi connectivity index (χ4n) is 3.36. The molecule has 0 bridgehead atoms. The van der Waals surface area contributed by atoms with Crippen LogP contribution in [0.15, 0.2) is 41.3 Å². The van der Waals surface area contributed by atoms with E-state index in [2.05, 4.69) is 0 Å². The van der Waals surface area contributed by atoms with Crippen molar-refractivity contribution in [1.82, 2.24) is 9.21 Å². The average molecular weight is 439 g/mol. The van der Waals surface area contributed by atoms with Crippen molar-refractivity contribution < 1.29 is 27.2 Å². The van der Waals surface area contributed by atoms with Gasteiger partial charge in [-0.3, -0.25) is 15.0 Å². The van der Waals surface area contributed by atoms with Gasteiger partial charge in [-0.15, -0.1) is 0 Å². The highest BCUT2D eigenvalue weighted by molar-refractivity contribution is 7.89. The molecular weight excluding hydrogens is 417 g/mol. The summed E-state index contributed by atoms with van der Waals surface area (Å²) >= 11 is 0. The standard InChI is InChI=1S/C19H22FN3O6S/c1-28-18-5-3-15(20)11-14(18)13-21-7-9-22(10-8-21)30(26,27)16-4-6-19(29-2)17(12-16)23(24)25/h3-6,11-12H,7-10,13H2,1-2H3. The van der Waals surface area contributed by atoms with E-state index < -0.39 is 20.6 Å². The third kappa shape index (κ3) is 4.53. The molecule has 11 heteroatoms. The van der Waals surface area contributed by atoms with Gasteiger partial charge in [-0.25, -0.2) is 12.8 Å². The second kappa shape index (κ2) is 8.94. The van der Waals surface area contributed by atoms with Crippen molar-refractivity contribution in [3.8, 4) is 11.5 Å². The Morgan fingerprint density at radius 3 is 2.27 bits per heavy atom. The number of nitrogens with zero attached hydrogens (tertiary/aromatic N) is 3. The maximum Gasteiger partial charge on any atom is 0.312 e. The van der Waals surface area contributed by atoms with Crippen molar-refractivity contribution in [3.05, 3.63) is 57.9 Å². The van der Waals surface area contributed by atoms with Crippen molar-refractivity contribution in [2.75, 3.05) is 40.4 Å². The summed E-state index contributed by atoms with van der Waals surface area (Å²) in [7, 11) is -1.11. The number of hydrogen-bond donors (Lipinski definition) is 0. The molecule has 0 aliphatic carbocycles. The zero-order valence-electron chi connectivity index (χ0n) is 16.6. The van der Waals surface area contributed by atoms with Crippen molar-refractivity contribution in [3.63, 3.8) is 0 Å². The van der Waals surface area contributed by atoms with E-state index in [1.54, 1.807) is 6.07 Å². The van der Waals surface area contributed by atoms with Gasteiger partial charge in [-0.1, -0.05) is 0 Å². The zero-order chi connectivity index (χ0) is 21.9. The van der Waals surface area contributed by atoms with E-state index in [9.17, 15) is 22.9 Å². The highest BCUT2D eigenvalue weighted by Crippen LogP contribution is 2.31. The third-order valence-electron chi connectivity index (χ3n) is 4.95. The van der Waals surface area contributed by atoms with Gasteiger partial charge in [0.25, 0.3) is 0 Å². The van der Waals surface area contributed by atoms with Gasteiger partial charge in [0.1, 0.15) is 11.6 Å². The van der Waals surface area contributed by atoms with Crippen molar-refractivity contribution >= 4 is 15.7 Å². The fraction of sp³-hybridized carbons (Fsp3) is 0.368. The van der Waals surface area contributed by atoms with Crippen LogP contribution in [0, 0.1) is 15.9 Å². The first-order valence-corrected chi connectivity index (χ1v) is 10.6. The Kier molecular flexibility index (Phi) is 6.54. The molecule has 3 rings (SSSR count). The summed E-state index contributed by atoms with van der Waals surface area (Å²) in [6.07, 6.45) is 0. The first kappa shape index (κ1) is 21.9. The molecule has 162 valence electrons. The van der Waals surface area contributed by atoms with Crippen molar-refractivity contribution in [1.29, 1.82) is 0 Å². The summed E-state index contributed by atoms with van der Waals surface area (Å²) < 4.78 is 50.9. The Morgan fingerprint density at radius 2 is 1.67 bits per heavy atom. The molecule has 1 aliphatic rings. The summed E-state index contributed by atoms with van der Waals surface area (Å²) in [5.41, 5.74) is 0.273. The van der Waals surface area contributed by atoms with Crippen molar-refractivity contribution in [2.24, 2.45) is 0 Å². The average Bonchev–Trinajstić information content (AvgIpc) is 2.73. The van der Waals surface area contributed by atoms with Crippen molar-refractivity contribution in [2.45, 2.75) is 11.4 Å². The number of nitro benzene ring substituents is 1. The molecule has 2 aromatic carbocycles. The van der Waals surface area contributed by atoms with Crippen LogP contribution >= 0.6 is 0 Å². The van der Waals surface area contributed by atoms with Crippen LogP contribution in [-0.4, -0.2) is 62.9 Å². The Labute approximate surface area is 173 Å². The molecule has 1 fully saturated rings. The van der Waals surface area contributed by atoms with Gasteiger partial charge in [0.05, 0.1) is 24.0 Å². The Bertz CT molecular complexity index is 1040. The van der Waals surface area contributed by atoms with Gasteiger partial charge in [0, 0.05) is 44.4 Å². The Hall–Kier alpha value is -2.76. The lowest BCUT2D eigenvalue weighted by Gasteiger charge is -2.34. The summed E-state index contributed by atoms with van der Waals surface area (Å²) in [6, 6.07) is 7.86. The van der Waals surface area contributed by atoms with Gasteiger partial charge in [0.2, 0.25) is 10.0 Å². The van der Waals surface area contributed by atoms with E-state index in [1.165, 1.54) is 42.8 Å². The first-order chi connectivity index (χ1) is 14.3.